The van der Waals surface area contributed by atoms with E-state index in [0.29, 0.717) is 23.4 Å². The van der Waals surface area contributed by atoms with Gasteiger partial charge in [0.1, 0.15) is 5.69 Å². The molecule has 0 radical (unpaired) electrons. The van der Waals surface area contributed by atoms with Crippen molar-refractivity contribution in [1.82, 2.24) is 15.0 Å². The highest BCUT2D eigenvalue weighted by Gasteiger charge is 2.34. The lowest BCUT2D eigenvalue weighted by Gasteiger charge is -2.34. The van der Waals surface area contributed by atoms with Crippen LogP contribution in [0.5, 0.6) is 0 Å². The molecule has 1 aliphatic heterocycles. The zero-order chi connectivity index (χ0) is 18.8. The van der Waals surface area contributed by atoms with E-state index in [1.165, 1.54) is 19.4 Å². The van der Waals surface area contributed by atoms with Gasteiger partial charge in [0.25, 0.3) is 5.91 Å². The topological polar surface area (TPSA) is 49.6 Å². The van der Waals surface area contributed by atoms with Gasteiger partial charge in [-0.05, 0) is 31.1 Å². The first-order valence-electron chi connectivity index (χ1n) is 10.2. The SMILES string of the molecule is CC(C)[C@@H]1CN(C(=O)c2cc(-c3ccccc3)no2)CCCN1CC1CC1. The molecule has 1 saturated carbocycles. The molecule has 1 aliphatic carbocycles. The molecule has 4 rings (SSSR count). The van der Waals surface area contributed by atoms with E-state index in [2.05, 4.69) is 23.9 Å². The molecule has 0 N–H and O–H groups in total. The summed E-state index contributed by atoms with van der Waals surface area (Å²) >= 11 is 0. The highest BCUT2D eigenvalue weighted by Crippen LogP contribution is 2.32. The summed E-state index contributed by atoms with van der Waals surface area (Å²) in [6.07, 6.45) is 3.75. The molecule has 2 aromatic rings. The fraction of sp³-hybridized carbons (Fsp3) is 0.545. The van der Waals surface area contributed by atoms with Crippen LogP contribution in [0.3, 0.4) is 0 Å². The minimum absolute atomic E-state index is 0.0383. The van der Waals surface area contributed by atoms with E-state index < -0.39 is 0 Å². The summed E-state index contributed by atoms with van der Waals surface area (Å²) in [4.78, 5) is 17.7. The molecule has 1 aromatic heterocycles. The van der Waals surface area contributed by atoms with Crippen molar-refractivity contribution in [1.29, 1.82) is 0 Å². The Balaban J connectivity index is 1.48. The van der Waals surface area contributed by atoms with Crippen LogP contribution in [0.1, 0.15) is 43.7 Å². The Bertz CT molecular complexity index is 767. The number of rotatable bonds is 5. The van der Waals surface area contributed by atoms with E-state index in [9.17, 15) is 4.79 Å². The van der Waals surface area contributed by atoms with E-state index in [1.807, 2.05) is 35.2 Å². The van der Waals surface area contributed by atoms with Crippen LogP contribution in [-0.2, 0) is 0 Å². The maximum atomic E-state index is 13.1. The summed E-state index contributed by atoms with van der Waals surface area (Å²) in [7, 11) is 0. The highest BCUT2D eigenvalue weighted by molar-refractivity contribution is 5.92. The monoisotopic (exact) mass is 367 g/mol. The molecule has 0 bridgehead atoms. The Hall–Kier alpha value is -2.14. The molecule has 1 saturated heterocycles. The summed E-state index contributed by atoms with van der Waals surface area (Å²) in [5, 5.41) is 4.11. The standard InChI is InChI=1S/C22H29N3O2/c1-16(2)20-15-25(12-6-11-24(20)14-17-9-10-17)22(26)21-13-19(23-27-21)18-7-4-3-5-8-18/h3-5,7-8,13,16-17,20H,6,9-12,14-15H2,1-2H3/t20-/m0/s1. The zero-order valence-electron chi connectivity index (χ0n) is 16.3. The lowest BCUT2D eigenvalue weighted by Crippen LogP contribution is -2.46. The van der Waals surface area contributed by atoms with Crippen molar-refractivity contribution in [3.63, 3.8) is 0 Å². The Labute approximate surface area is 161 Å². The van der Waals surface area contributed by atoms with Crippen molar-refractivity contribution >= 4 is 5.91 Å². The molecular formula is C22H29N3O2. The third kappa shape index (κ3) is 4.24. The number of amides is 1. The van der Waals surface area contributed by atoms with Crippen molar-refractivity contribution in [2.75, 3.05) is 26.2 Å². The van der Waals surface area contributed by atoms with Crippen molar-refractivity contribution in [2.24, 2.45) is 11.8 Å². The lowest BCUT2D eigenvalue weighted by molar-refractivity contribution is 0.0664. The van der Waals surface area contributed by atoms with Crippen LogP contribution in [0, 0.1) is 11.8 Å². The molecule has 0 spiro atoms. The quantitative estimate of drug-likeness (QED) is 0.804. The Kier molecular flexibility index (Phi) is 5.30. The van der Waals surface area contributed by atoms with Gasteiger partial charge in [0.05, 0.1) is 0 Å². The number of nitrogens with zero attached hydrogens (tertiary/aromatic N) is 3. The average molecular weight is 367 g/mol. The van der Waals surface area contributed by atoms with Gasteiger partial charge >= 0.3 is 0 Å². The van der Waals surface area contributed by atoms with Crippen LogP contribution in [-0.4, -0.2) is 53.1 Å². The van der Waals surface area contributed by atoms with Gasteiger partial charge in [0.2, 0.25) is 5.76 Å². The van der Waals surface area contributed by atoms with E-state index >= 15 is 0 Å². The van der Waals surface area contributed by atoms with Gasteiger partial charge < -0.3 is 9.42 Å². The molecule has 1 amide bonds. The van der Waals surface area contributed by atoms with Crippen LogP contribution in [0.2, 0.25) is 0 Å². The number of aromatic nitrogens is 1. The summed E-state index contributed by atoms with van der Waals surface area (Å²) < 4.78 is 5.42. The summed E-state index contributed by atoms with van der Waals surface area (Å²) in [6, 6.07) is 12.0. The van der Waals surface area contributed by atoms with Crippen LogP contribution in [0.25, 0.3) is 11.3 Å². The lowest BCUT2D eigenvalue weighted by atomic mass is 10.0. The third-order valence-corrected chi connectivity index (χ3v) is 5.79. The van der Waals surface area contributed by atoms with Gasteiger partial charge in [-0.15, -0.1) is 0 Å². The molecule has 1 atom stereocenters. The van der Waals surface area contributed by atoms with Crippen molar-refractivity contribution in [3.05, 3.63) is 42.2 Å². The number of carbonyl (C=O) groups is 1. The van der Waals surface area contributed by atoms with Gasteiger partial charge in [-0.2, -0.15) is 0 Å². The van der Waals surface area contributed by atoms with E-state index in [0.717, 1.165) is 37.5 Å². The van der Waals surface area contributed by atoms with Crippen molar-refractivity contribution in [2.45, 2.75) is 39.2 Å². The van der Waals surface area contributed by atoms with Crippen LogP contribution in [0.15, 0.2) is 40.9 Å². The fourth-order valence-electron chi connectivity index (χ4n) is 4.02. The molecule has 2 aliphatic rings. The van der Waals surface area contributed by atoms with E-state index in [4.69, 9.17) is 4.52 Å². The molecule has 0 unspecified atom stereocenters. The van der Waals surface area contributed by atoms with E-state index in [-0.39, 0.29) is 5.91 Å². The maximum absolute atomic E-state index is 13.1. The normalized spacial score (nSPS) is 21.4. The summed E-state index contributed by atoms with van der Waals surface area (Å²) in [6.45, 7) is 8.34. The second-order valence-electron chi connectivity index (χ2n) is 8.30. The molecule has 1 aromatic carbocycles. The maximum Gasteiger partial charge on any atom is 0.292 e. The number of benzene rings is 1. The smallest absolute Gasteiger partial charge is 0.292 e. The van der Waals surface area contributed by atoms with Crippen LogP contribution in [0.4, 0.5) is 0 Å². The minimum Gasteiger partial charge on any atom is -0.350 e. The first kappa shape index (κ1) is 18.2. The second-order valence-corrected chi connectivity index (χ2v) is 8.30. The molecular weight excluding hydrogens is 338 g/mol. The first-order chi connectivity index (χ1) is 13.1. The first-order valence-corrected chi connectivity index (χ1v) is 10.2. The summed E-state index contributed by atoms with van der Waals surface area (Å²) in [5.41, 5.74) is 1.68. The molecule has 2 fully saturated rings. The number of hydrogen-bond donors (Lipinski definition) is 0. The largest absolute Gasteiger partial charge is 0.350 e. The highest BCUT2D eigenvalue weighted by atomic mass is 16.5. The van der Waals surface area contributed by atoms with Gasteiger partial charge in [-0.3, -0.25) is 9.69 Å². The third-order valence-electron chi connectivity index (χ3n) is 5.79. The molecule has 5 nitrogen and oxygen atoms in total. The summed E-state index contributed by atoms with van der Waals surface area (Å²) in [5.74, 6) is 1.69. The number of carbonyl (C=O) groups excluding carboxylic acids is 1. The van der Waals surface area contributed by atoms with Gasteiger partial charge in [-0.25, -0.2) is 0 Å². The van der Waals surface area contributed by atoms with Gasteiger partial charge in [0.15, 0.2) is 0 Å². The zero-order valence-corrected chi connectivity index (χ0v) is 16.3. The van der Waals surface area contributed by atoms with Crippen molar-refractivity contribution < 1.29 is 9.32 Å². The second kappa shape index (κ2) is 7.85. The van der Waals surface area contributed by atoms with Crippen molar-refractivity contribution in [3.8, 4) is 11.3 Å². The average Bonchev–Trinajstić information content (AvgIpc) is 3.40. The molecule has 27 heavy (non-hydrogen) atoms. The van der Waals surface area contributed by atoms with E-state index in [1.54, 1.807) is 6.07 Å². The molecule has 144 valence electrons. The Morgan fingerprint density at radius 1 is 1.22 bits per heavy atom. The molecule has 5 heteroatoms. The van der Waals surface area contributed by atoms with Crippen LogP contribution >= 0.6 is 0 Å². The van der Waals surface area contributed by atoms with Crippen LogP contribution < -0.4 is 0 Å². The van der Waals surface area contributed by atoms with Gasteiger partial charge in [-0.1, -0.05) is 49.3 Å². The fourth-order valence-corrected chi connectivity index (χ4v) is 4.02. The Morgan fingerprint density at radius 3 is 2.70 bits per heavy atom. The predicted octanol–water partition coefficient (Wildman–Crippen LogP) is 3.92. The van der Waals surface area contributed by atoms with Gasteiger partial charge in [0, 0.05) is 43.9 Å². The molecule has 2 heterocycles. The number of hydrogen-bond acceptors (Lipinski definition) is 4. The minimum atomic E-state index is -0.0383. The predicted molar refractivity (Wildman–Crippen MR) is 105 cm³/mol. The Morgan fingerprint density at radius 2 is 2.00 bits per heavy atom.